The quantitative estimate of drug-likeness (QED) is 0.568. The minimum Gasteiger partial charge on any atom is -0.466 e. The maximum atomic E-state index is 12.3. The highest BCUT2D eigenvalue weighted by molar-refractivity contribution is 6.04. The highest BCUT2D eigenvalue weighted by atomic mass is 16.3. The molecule has 3 rings (SSSR count). The molecule has 0 aliphatic carbocycles. The van der Waals surface area contributed by atoms with Gasteiger partial charge in [-0.2, -0.15) is 0 Å². The molecular weight excluding hydrogens is 328 g/mol. The second-order valence-corrected chi connectivity index (χ2v) is 6.35. The van der Waals surface area contributed by atoms with Gasteiger partial charge in [0.25, 0.3) is 5.91 Å². The topological polar surface area (TPSA) is 115 Å². The van der Waals surface area contributed by atoms with Gasteiger partial charge in [-0.1, -0.05) is 0 Å². The number of likely N-dealkylation sites (tertiary alicyclic amines) is 1. The number of aryl methyl sites for hydroxylation is 1. The Morgan fingerprint density at radius 3 is 2.80 bits per heavy atom. The molecule has 2 aliphatic heterocycles. The van der Waals surface area contributed by atoms with E-state index in [0.29, 0.717) is 19.6 Å². The number of urea groups is 1. The van der Waals surface area contributed by atoms with Crippen molar-refractivity contribution >= 4 is 17.8 Å². The molecule has 136 valence electrons. The maximum absolute atomic E-state index is 12.3. The molecule has 9 nitrogen and oxygen atoms in total. The average molecular weight is 350 g/mol. The van der Waals surface area contributed by atoms with Gasteiger partial charge in [-0.05, 0) is 19.1 Å². The third-order valence-corrected chi connectivity index (χ3v) is 4.52. The Bertz CT molecular complexity index is 657. The van der Waals surface area contributed by atoms with Gasteiger partial charge in [-0.3, -0.25) is 19.4 Å². The zero-order chi connectivity index (χ0) is 18.0. The zero-order valence-corrected chi connectivity index (χ0v) is 14.0. The number of aliphatic hydroxyl groups is 1. The molecule has 2 saturated heterocycles. The van der Waals surface area contributed by atoms with E-state index in [-0.39, 0.29) is 31.7 Å². The van der Waals surface area contributed by atoms with Gasteiger partial charge in [-0.25, -0.2) is 4.79 Å². The summed E-state index contributed by atoms with van der Waals surface area (Å²) < 4.78 is 5.70. The van der Waals surface area contributed by atoms with E-state index in [0.717, 1.165) is 16.4 Å². The fraction of sp³-hybridized carbons (Fsp3) is 0.562. The number of carbonyl (C=O) groups excluding carboxylic acids is 3. The lowest BCUT2D eigenvalue weighted by atomic mass is 10.0. The van der Waals surface area contributed by atoms with Crippen molar-refractivity contribution in [1.29, 1.82) is 0 Å². The van der Waals surface area contributed by atoms with E-state index in [1.165, 1.54) is 0 Å². The Hall–Kier alpha value is -2.39. The molecule has 1 aromatic heterocycles. The van der Waals surface area contributed by atoms with Gasteiger partial charge in [0, 0.05) is 19.6 Å². The van der Waals surface area contributed by atoms with Crippen molar-refractivity contribution in [2.24, 2.45) is 0 Å². The lowest BCUT2D eigenvalue weighted by Crippen LogP contribution is -2.46. The van der Waals surface area contributed by atoms with Crippen LogP contribution in [0.4, 0.5) is 4.79 Å². The second-order valence-electron chi connectivity index (χ2n) is 6.35. The Kier molecular flexibility index (Phi) is 5.05. The average Bonchev–Trinajstić information content (AvgIpc) is 3.23. The van der Waals surface area contributed by atoms with Gasteiger partial charge in [0.1, 0.15) is 18.1 Å². The summed E-state index contributed by atoms with van der Waals surface area (Å²) in [5.41, 5.74) is 0. The van der Waals surface area contributed by atoms with Crippen LogP contribution < -0.4 is 10.6 Å². The number of hydrogen-bond donors (Lipinski definition) is 3. The number of imide groups is 1. The number of carbonyl (C=O) groups is 3. The summed E-state index contributed by atoms with van der Waals surface area (Å²) in [6, 6.07) is 2.99. The van der Waals surface area contributed by atoms with Crippen LogP contribution in [-0.2, 0) is 9.59 Å². The number of amides is 4. The maximum Gasteiger partial charge on any atom is 0.325 e. The molecule has 2 fully saturated rings. The van der Waals surface area contributed by atoms with Crippen molar-refractivity contribution in [3.05, 3.63) is 23.7 Å². The Balaban J connectivity index is 1.66. The van der Waals surface area contributed by atoms with E-state index < -0.39 is 17.8 Å². The number of β-amino-alcohol motifs (C(OH)–C–C–N with tert-alkyl or cyclic N) is 1. The van der Waals surface area contributed by atoms with Crippen LogP contribution in [0.25, 0.3) is 0 Å². The van der Waals surface area contributed by atoms with Crippen molar-refractivity contribution in [2.45, 2.75) is 18.9 Å². The highest BCUT2D eigenvalue weighted by Crippen LogP contribution is 2.29. The molecule has 2 aliphatic rings. The number of nitrogens with zero attached hydrogens (tertiary/aromatic N) is 2. The lowest BCUT2D eigenvalue weighted by molar-refractivity contribution is -0.130. The molecule has 3 N–H and O–H groups in total. The normalized spacial score (nSPS) is 24.0. The Morgan fingerprint density at radius 1 is 1.40 bits per heavy atom. The van der Waals surface area contributed by atoms with Crippen molar-refractivity contribution in [3.63, 3.8) is 0 Å². The van der Waals surface area contributed by atoms with Crippen LogP contribution in [0.15, 0.2) is 16.5 Å². The summed E-state index contributed by atoms with van der Waals surface area (Å²) in [6.45, 7) is 3.25. The smallest absolute Gasteiger partial charge is 0.325 e. The SMILES string of the molecule is Cc1ccc([C@@H]2CN(CCO)C[C@H]2NC(=O)CN2C(=O)CNC2=O)o1. The fourth-order valence-corrected chi connectivity index (χ4v) is 3.31. The third kappa shape index (κ3) is 3.83. The standard InChI is InChI=1S/C16H22N4O5/c1-10-2-3-13(25-10)11-7-19(4-5-21)8-12(11)18-14(22)9-20-15(23)6-17-16(20)24/h2-3,11-12,21H,4-9H2,1H3,(H,17,24)(H,18,22)/t11-,12-/m1/s1. The number of aliphatic hydroxyl groups excluding tert-OH is 1. The number of hydrogen-bond acceptors (Lipinski definition) is 6. The van der Waals surface area contributed by atoms with Crippen LogP contribution in [0.3, 0.4) is 0 Å². The minimum atomic E-state index is -0.549. The highest BCUT2D eigenvalue weighted by Gasteiger charge is 2.37. The van der Waals surface area contributed by atoms with Gasteiger partial charge in [0.05, 0.1) is 25.1 Å². The molecule has 3 heterocycles. The van der Waals surface area contributed by atoms with Crippen molar-refractivity contribution in [1.82, 2.24) is 20.4 Å². The molecule has 0 unspecified atom stereocenters. The Labute approximate surface area is 144 Å². The second kappa shape index (κ2) is 7.24. The molecule has 25 heavy (non-hydrogen) atoms. The van der Waals surface area contributed by atoms with E-state index in [2.05, 4.69) is 10.6 Å². The molecule has 1 aromatic rings. The Morgan fingerprint density at radius 2 is 2.20 bits per heavy atom. The van der Waals surface area contributed by atoms with Crippen LogP contribution in [0, 0.1) is 6.92 Å². The predicted molar refractivity (Wildman–Crippen MR) is 86.8 cm³/mol. The number of nitrogens with one attached hydrogen (secondary N) is 2. The molecule has 0 saturated carbocycles. The van der Waals surface area contributed by atoms with E-state index in [4.69, 9.17) is 9.52 Å². The fourth-order valence-electron chi connectivity index (χ4n) is 3.31. The van der Waals surface area contributed by atoms with Crippen LogP contribution in [0.5, 0.6) is 0 Å². The van der Waals surface area contributed by atoms with Crippen LogP contribution in [0.2, 0.25) is 0 Å². The number of rotatable bonds is 6. The molecule has 0 bridgehead atoms. The monoisotopic (exact) mass is 350 g/mol. The summed E-state index contributed by atoms with van der Waals surface area (Å²) in [4.78, 5) is 38.4. The number of furan rings is 1. The summed E-state index contributed by atoms with van der Waals surface area (Å²) in [5.74, 6) is 0.715. The molecular formula is C16H22N4O5. The first-order valence-corrected chi connectivity index (χ1v) is 8.25. The van der Waals surface area contributed by atoms with Gasteiger partial charge in [-0.15, -0.1) is 0 Å². The van der Waals surface area contributed by atoms with Gasteiger partial charge in [0.2, 0.25) is 5.91 Å². The van der Waals surface area contributed by atoms with Crippen LogP contribution in [-0.4, -0.2) is 78.1 Å². The molecule has 9 heteroatoms. The van der Waals surface area contributed by atoms with Crippen molar-refractivity contribution in [2.75, 3.05) is 39.3 Å². The summed E-state index contributed by atoms with van der Waals surface area (Å²) in [6.07, 6.45) is 0. The van der Waals surface area contributed by atoms with E-state index in [1.807, 2.05) is 24.0 Å². The first kappa shape index (κ1) is 17.4. The van der Waals surface area contributed by atoms with Crippen LogP contribution in [0.1, 0.15) is 17.4 Å². The van der Waals surface area contributed by atoms with Gasteiger partial charge >= 0.3 is 6.03 Å². The molecule has 4 amide bonds. The minimum absolute atomic E-state index is 0.0347. The zero-order valence-electron chi connectivity index (χ0n) is 14.0. The van der Waals surface area contributed by atoms with Crippen LogP contribution >= 0.6 is 0 Å². The molecule has 0 aromatic carbocycles. The van der Waals surface area contributed by atoms with Gasteiger partial charge < -0.3 is 20.2 Å². The van der Waals surface area contributed by atoms with E-state index >= 15 is 0 Å². The van der Waals surface area contributed by atoms with E-state index in [1.54, 1.807) is 0 Å². The summed E-state index contributed by atoms with van der Waals surface area (Å²) in [5, 5.41) is 14.4. The third-order valence-electron chi connectivity index (χ3n) is 4.52. The molecule has 0 radical (unpaired) electrons. The largest absolute Gasteiger partial charge is 0.466 e. The van der Waals surface area contributed by atoms with E-state index in [9.17, 15) is 14.4 Å². The molecule has 2 atom stereocenters. The van der Waals surface area contributed by atoms with Crippen molar-refractivity contribution < 1.29 is 23.9 Å². The first-order valence-electron chi connectivity index (χ1n) is 8.25. The summed E-state index contributed by atoms with van der Waals surface area (Å²) >= 11 is 0. The summed E-state index contributed by atoms with van der Waals surface area (Å²) in [7, 11) is 0. The lowest BCUT2D eigenvalue weighted by Gasteiger charge is -2.20. The van der Waals surface area contributed by atoms with Gasteiger partial charge in [0.15, 0.2) is 0 Å². The first-order chi connectivity index (χ1) is 12.0. The van der Waals surface area contributed by atoms with Crippen molar-refractivity contribution in [3.8, 4) is 0 Å². The molecule has 0 spiro atoms. The predicted octanol–water partition coefficient (Wildman–Crippen LogP) is -0.984.